The SMILES string of the molecule is Cc1ccc(SCC(=O)N2CCC(N)CC2)cc1. The van der Waals surface area contributed by atoms with Crippen molar-refractivity contribution in [2.75, 3.05) is 18.8 Å². The topological polar surface area (TPSA) is 46.3 Å². The van der Waals surface area contributed by atoms with Crippen molar-refractivity contribution in [3.05, 3.63) is 29.8 Å². The van der Waals surface area contributed by atoms with E-state index in [0.29, 0.717) is 5.75 Å². The van der Waals surface area contributed by atoms with Crippen molar-refractivity contribution in [2.45, 2.75) is 30.7 Å². The van der Waals surface area contributed by atoms with Crippen molar-refractivity contribution < 1.29 is 4.79 Å². The van der Waals surface area contributed by atoms with Crippen LogP contribution in [-0.4, -0.2) is 35.7 Å². The lowest BCUT2D eigenvalue weighted by Gasteiger charge is -2.30. The summed E-state index contributed by atoms with van der Waals surface area (Å²) in [6.07, 6.45) is 1.86. The first kappa shape index (κ1) is 13.4. The van der Waals surface area contributed by atoms with Crippen LogP contribution in [0.5, 0.6) is 0 Å². The molecule has 2 N–H and O–H groups in total. The van der Waals surface area contributed by atoms with Gasteiger partial charge < -0.3 is 10.6 Å². The van der Waals surface area contributed by atoms with Gasteiger partial charge in [-0.2, -0.15) is 0 Å². The van der Waals surface area contributed by atoms with Gasteiger partial charge in [-0.05, 0) is 31.9 Å². The van der Waals surface area contributed by atoms with E-state index in [1.165, 1.54) is 5.56 Å². The molecule has 0 unspecified atom stereocenters. The number of nitrogens with zero attached hydrogens (tertiary/aromatic N) is 1. The highest BCUT2D eigenvalue weighted by Crippen LogP contribution is 2.19. The number of rotatable bonds is 3. The minimum atomic E-state index is 0.229. The molecular formula is C14H20N2OS. The molecule has 1 aliphatic rings. The Balaban J connectivity index is 1.79. The van der Waals surface area contributed by atoms with E-state index in [2.05, 4.69) is 31.2 Å². The molecule has 3 nitrogen and oxygen atoms in total. The number of hydrogen-bond donors (Lipinski definition) is 1. The minimum Gasteiger partial charge on any atom is -0.342 e. The minimum absolute atomic E-state index is 0.229. The molecule has 2 rings (SSSR count). The van der Waals surface area contributed by atoms with Crippen LogP contribution >= 0.6 is 11.8 Å². The molecule has 0 aliphatic carbocycles. The molecule has 18 heavy (non-hydrogen) atoms. The highest BCUT2D eigenvalue weighted by Gasteiger charge is 2.20. The summed E-state index contributed by atoms with van der Waals surface area (Å²) in [4.78, 5) is 15.1. The summed E-state index contributed by atoms with van der Waals surface area (Å²) in [6.45, 7) is 3.69. The highest BCUT2D eigenvalue weighted by atomic mass is 32.2. The van der Waals surface area contributed by atoms with Crippen molar-refractivity contribution in [1.82, 2.24) is 4.90 Å². The van der Waals surface area contributed by atoms with E-state index >= 15 is 0 Å². The zero-order valence-corrected chi connectivity index (χ0v) is 11.6. The van der Waals surface area contributed by atoms with E-state index in [0.717, 1.165) is 30.8 Å². The summed E-state index contributed by atoms with van der Waals surface area (Å²) in [5.74, 6) is 0.755. The van der Waals surface area contributed by atoms with Gasteiger partial charge in [-0.15, -0.1) is 11.8 Å². The number of aryl methyl sites for hydroxylation is 1. The highest BCUT2D eigenvalue weighted by molar-refractivity contribution is 8.00. The molecule has 0 aromatic heterocycles. The molecule has 1 aromatic rings. The van der Waals surface area contributed by atoms with Crippen LogP contribution in [-0.2, 0) is 4.79 Å². The number of carbonyl (C=O) groups excluding carboxylic acids is 1. The standard InChI is InChI=1S/C14H20N2OS/c1-11-2-4-13(5-3-11)18-10-14(17)16-8-6-12(15)7-9-16/h2-5,12H,6-10,15H2,1H3. The number of thioether (sulfide) groups is 1. The Hall–Kier alpha value is -1.00. The normalized spacial score (nSPS) is 16.9. The van der Waals surface area contributed by atoms with Crippen LogP contribution in [0.2, 0.25) is 0 Å². The van der Waals surface area contributed by atoms with Gasteiger partial charge in [0, 0.05) is 24.0 Å². The predicted molar refractivity (Wildman–Crippen MR) is 75.7 cm³/mol. The zero-order chi connectivity index (χ0) is 13.0. The lowest BCUT2D eigenvalue weighted by Crippen LogP contribution is -2.43. The fourth-order valence-corrected chi connectivity index (χ4v) is 2.82. The van der Waals surface area contributed by atoms with Gasteiger partial charge in [-0.3, -0.25) is 4.79 Å². The van der Waals surface area contributed by atoms with E-state index in [9.17, 15) is 4.79 Å². The molecule has 1 fully saturated rings. The van der Waals surface area contributed by atoms with Crippen LogP contribution in [0.1, 0.15) is 18.4 Å². The molecule has 0 atom stereocenters. The van der Waals surface area contributed by atoms with Gasteiger partial charge in [0.1, 0.15) is 0 Å². The van der Waals surface area contributed by atoms with Gasteiger partial charge in [-0.25, -0.2) is 0 Å². The first-order valence-corrected chi connectivity index (χ1v) is 7.36. The lowest BCUT2D eigenvalue weighted by molar-refractivity contribution is -0.129. The summed E-state index contributed by atoms with van der Waals surface area (Å²) in [5, 5.41) is 0. The summed E-state index contributed by atoms with van der Waals surface area (Å²) < 4.78 is 0. The number of piperidine rings is 1. The summed E-state index contributed by atoms with van der Waals surface area (Å²) in [5.41, 5.74) is 7.08. The van der Waals surface area contributed by atoms with E-state index in [-0.39, 0.29) is 11.9 Å². The summed E-state index contributed by atoms with van der Waals surface area (Å²) >= 11 is 1.61. The average molecular weight is 264 g/mol. The molecular weight excluding hydrogens is 244 g/mol. The third-order valence-corrected chi connectivity index (χ3v) is 4.27. The molecule has 0 bridgehead atoms. The quantitative estimate of drug-likeness (QED) is 0.850. The maximum absolute atomic E-state index is 12.0. The average Bonchev–Trinajstić information content (AvgIpc) is 2.38. The summed E-state index contributed by atoms with van der Waals surface area (Å²) in [6, 6.07) is 8.57. The Kier molecular flexibility index (Phi) is 4.66. The number of carbonyl (C=O) groups is 1. The fraction of sp³-hybridized carbons (Fsp3) is 0.500. The number of benzene rings is 1. The maximum Gasteiger partial charge on any atom is 0.232 e. The molecule has 1 saturated heterocycles. The van der Waals surface area contributed by atoms with E-state index in [4.69, 9.17) is 5.73 Å². The molecule has 1 aromatic carbocycles. The number of amides is 1. The smallest absolute Gasteiger partial charge is 0.232 e. The maximum atomic E-state index is 12.0. The van der Waals surface area contributed by atoms with E-state index in [1.54, 1.807) is 11.8 Å². The first-order valence-electron chi connectivity index (χ1n) is 6.38. The Morgan fingerprint density at radius 3 is 2.56 bits per heavy atom. The van der Waals surface area contributed by atoms with Crippen molar-refractivity contribution in [2.24, 2.45) is 5.73 Å². The second kappa shape index (κ2) is 6.25. The molecule has 1 heterocycles. The zero-order valence-electron chi connectivity index (χ0n) is 10.8. The molecule has 4 heteroatoms. The molecule has 1 amide bonds. The Bertz CT molecular complexity index is 397. The molecule has 0 radical (unpaired) electrons. The van der Waals surface area contributed by atoms with Crippen molar-refractivity contribution in [3.63, 3.8) is 0 Å². The number of nitrogens with two attached hydrogens (primary N) is 1. The fourth-order valence-electron chi connectivity index (χ4n) is 2.02. The van der Waals surface area contributed by atoms with E-state index in [1.807, 2.05) is 4.90 Å². The molecule has 0 saturated carbocycles. The second-order valence-electron chi connectivity index (χ2n) is 4.82. The third-order valence-electron chi connectivity index (χ3n) is 3.28. The van der Waals surface area contributed by atoms with Crippen LogP contribution in [0.25, 0.3) is 0 Å². The monoisotopic (exact) mass is 264 g/mol. The lowest BCUT2D eigenvalue weighted by atomic mass is 10.1. The predicted octanol–water partition coefficient (Wildman–Crippen LogP) is 2.04. The van der Waals surface area contributed by atoms with Gasteiger partial charge in [0.25, 0.3) is 0 Å². The molecule has 98 valence electrons. The van der Waals surface area contributed by atoms with E-state index < -0.39 is 0 Å². The number of likely N-dealkylation sites (tertiary alicyclic amines) is 1. The Labute approximate surface area is 113 Å². The first-order chi connectivity index (χ1) is 8.65. The van der Waals surface area contributed by atoms with Gasteiger partial charge in [0.2, 0.25) is 5.91 Å². The Morgan fingerprint density at radius 1 is 1.33 bits per heavy atom. The van der Waals surface area contributed by atoms with Gasteiger partial charge in [0.05, 0.1) is 5.75 Å². The molecule has 0 spiro atoms. The van der Waals surface area contributed by atoms with Crippen LogP contribution in [0.4, 0.5) is 0 Å². The van der Waals surface area contributed by atoms with Crippen molar-refractivity contribution in [1.29, 1.82) is 0 Å². The second-order valence-corrected chi connectivity index (χ2v) is 5.87. The van der Waals surface area contributed by atoms with Gasteiger partial charge >= 0.3 is 0 Å². The number of hydrogen-bond acceptors (Lipinski definition) is 3. The third kappa shape index (κ3) is 3.75. The summed E-state index contributed by atoms with van der Waals surface area (Å²) in [7, 11) is 0. The van der Waals surface area contributed by atoms with Crippen LogP contribution in [0.15, 0.2) is 29.2 Å². The van der Waals surface area contributed by atoms with Crippen molar-refractivity contribution >= 4 is 17.7 Å². The Morgan fingerprint density at radius 2 is 1.94 bits per heavy atom. The van der Waals surface area contributed by atoms with Crippen LogP contribution in [0, 0.1) is 6.92 Å². The van der Waals surface area contributed by atoms with Gasteiger partial charge in [0.15, 0.2) is 0 Å². The van der Waals surface area contributed by atoms with Gasteiger partial charge in [-0.1, -0.05) is 17.7 Å². The van der Waals surface area contributed by atoms with Crippen LogP contribution in [0.3, 0.4) is 0 Å². The largest absolute Gasteiger partial charge is 0.342 e. The van der Waals surface area contributed by atoms with Crippen LogP contribution < -0.4 is 5.73 Å². The molecule has 1 aliphatic heterocycles. The van der Waals surface area contributed by atoms with Crippen molar-refractivity contribution in [3.8, 4) is 0 Å².